The van der Waals surface area contributed by atoms with Crippen LogP contribution in [0.5, 0.6) is 0 Å². The smallest absolute Gasteiger partial charge is 0.245 e. The standard InChI is InChI=1S/C20H25N3O4S/c1-16-3-7-19(8-4-16)23(28(2,25)26)15-20(24)21-17-5-9-18(10-6-17)22-11-13-27-14-12-22/h3-10H,11-15H2,1-2H3,(H,21,24). The van der Waals surface area contributed by atoms with E-state index in [1.807, 2.05) is 43.3 Å². The van der Waals surface area contributed by atoms with Gasteiger partial charge in [0.1, 0.15) is 6.54 Å². The number of morpholine rings is 1. The van der Waals surface area contributed by atoms with Crippen molar-refractivity contribution in [1.29, 1.82) is 0 Å². The zero-order chi connectivity index (χ0) is 20.1. The Labute approximate surface area is 166 Å². The van der Waals surface area contributed by atoms with Crippen molar-refractivity contribution in [2.45, 2.75) is 6.92 Å². The van der Waals surface area contributed by atoms with Crippen molar-refractivity contribution in [2.75, 3.05) is 53.6 Å². The second-order valence-corrected chi connectivity index (χ2v) is 8.71. The molecule has 1 aliphatic heterocycles. The lowest BCUT2D eigenvalue weighted by Crippen LogP contribution is -2.37. The van der Waals surface area contributed by atoms with Crippen molar-refractivity contribution in [1.82, 2.24) is 0 Å². The van der Waals surface area contributed by atoms with Crippen molar-refractivity contribution < 1.29 is 17.9 Å². The van der Waals surface area contributed by atoms with E-state index in [4.69, 9.17) is 4.74 Å². The van der Waals surface area contributed by atoms with E-state index < -0.39 is 15.9 Å². The normalized spacial score (nSPS) is 14.6. The fourth-order valence-corrected chi connectivity index (χ4v) is 3.88. The van der Waals surface area contributed by atoms with Crippen molar-refractivity contribution in [3.8, 4) is 0 Å². The predicted molar refractivity (Wildman–Crippen MR) is 111 cm³/mol. The van der Waals surface area contributed by atoms with Crippen LogP contribution in [0.1, 0.15) is 5.56 Å². The van der Waals surface area contributed by atoms with Crippen LogP contribution in [0, 0.1) is 6.92 Å². The SMILES string of the molecule is Cc1ccc(N(CC(=O)Nc2ccc(N3CCOCC3)cc2)S(C)(=O)=O)cc1. The number of hydrogen-bond acceptors (Lipinski definition) is 5. The van der Waals surface area contributed by atoms with E-state index in [-0.39, 0.29) is 6.54 Å². The molecule has 1 amide bonds. The number of anilines is 3. The second kappa shape index (κ2) is 8.62. The van der Waals surface area contributed by atoms with Gasteiger partial charge in [0.05, 0.1) is 25.2 Å². The summed E-state index contributed by atoms with van der Waals surface area (Å²) < 4.78 is 30.8. The summed E-state index contributed by atoms with van der Waals surface area (Å²) in [5.74, 6) is -0.398. The number of benzene rings is 2. The summed E-state index contributed by atoms with van der Waals surface area (Å²) in [6.07, 6.45) is 1.09. The summed E-state index contributed by atoms with van der Waals surface area (Å²) in [5, 5.41) is 2.77. The summed E-state index contributed by atoms with van der Waals surface area (Å²) in [6, 6.07) is 14.5. The molecule has 0 unspecified atom stereocenters. The maximum atomic E-state index is 12.5. The molecule has 1 heterocycles. The molecule has 2 aromatic carbocycles. The molecule has 0 saturated carbocycles. The minimum atomic E-state index is -3.59. The molecule has 0 atom stereocenters. The quantitative estimate of drug-likeness (QED) is 0.800. The van der Waals surface area contributed by atoms with E-state index in [1.165, 1.54) is 0 Å². The van der Waals surface area contributed by atoms with Crippen molar-refractivity contribution in [3.05, 3.63) is 54.1 Å². The Kier molecular flexibility index (Phi) is 6.21. The minimum Gasteiger partial charge on any atom is -0.378 e. The van der Waals surface area contributed by atoms with E-state index in [9.17, 15) is 13.2 Å². The maximum Gasteiger partial charge on any atom is 0.245 e. The molecule has 150 valence electrons. The van der Waals surface area contributed by atoms with Gasteiger partial charge in [-0.05, 0) is 43.3 Å². The molecule has 7 nitrogen and oxygen atoms in total. The Morgan fingerprint density at radius 2 is 1.68 bits per heavy atom. The molecule has 0 bridgehead atoms. The first-order valence-electron chi connectivity index (χ1n) is 9.10. The zero-order valence-electron chi connectivity index (χ0n) is 16.1. The van der Waals surface area contributed by atoms with E-state index in [0.717, 1.165) is 34.9 Å². The molecule has 2 aromatic rings. The Bertz CT molecular complexity index is 905. The maximum absolute atomic E-state index is 12.5. The number of nitrogens with zero attached hydrogens (tertiary/aromatic N) is 2. The Morgan fingerprint density at radius 1 is 1.07 bits per heavy atom. The van der Waals surface area contributed by atoms with Gasteiger partial charge in [-0.2, -0.15) is 0 Å². The zero-order valence-corrected chi connectivity index (χ0v) is 16.9. The monoisotopic (exact) mass is 403 g/mol. The van der Waals surface area contributed by atoms with E-state index in [0.29, 0.717) is 24.6 Å². The average molecular weight is 404 g/mol. The first-order chi connectivity index (χ1) is 13.3. The highest BCUT2D eigenvalue weighted by atomic mass is 32.2. The van der Waals surface area contributed by atoms with Gasteiger partial charge in [-0.25, -0.2) is 8.42 Å². The van der Waals surface area contributed by atoms with Crippen LogP contribution in [-0.4, -0.2) is 53.4 Å². The summed E-state index contributed by atoms with van der Waals surface area (Å²) in [4.78, 5) is 14.7. The molecule has 28 heavy (non-hydrogen) atoms. The predicted octanol–water partition coefficient (Wildman–Crippen LogP) is 2.24. The summed E-state index contributed by atoms with van der Waals surface area (Å²) >= 11 is 0. The molecular formula is C20H25N3O4S. The Morgan fingerprint density at radius 3 is 2.25 bits per heavy atom. The van der Waals surface area contributed by atoms with Gasteiger partial charge in [-0.1, -0.05) is 17.7 Å². The molecule has 1 saturated heterocycles. The Balaban J connectivity index is 1.66. The van der Waals surface area contributed by atoms with Crippen LogP contribution in [0.3, 0.4) is 0 Å². The lowest BCUT2D eigenvalue weighted by Gasteiger charge is -2.29. The fourth-order valence-electron chi connectivity index (χ4n) is 3.02. The van der Waals surface area contributed by atoms with Crippen molar-refractivity contribution in [2.24, 2.45) is 0 Å². The molecule has 0 aromatic heterocycles. The van der Waals surface area contributed by atoms with E-state index in [2.05, 4.69) is 10.2 Å². The topological polar surface area (TPSA) is 79.0 Å². The molecule has 0 radical (unpaired) electrons. The summed E-state index contributed by atoms with van der Waals surface area (Å²) in [7, 11) is -3.59. The first kappa shape index (κ1) is 20.2. The van der Waals surface area contributed by atoms with Gasteiger partial charge in [0.2, 0.25) is 15.9 Å². The van der Waals surface area contributed by atoms with Crippen LogP contribution in [0.4, 0.5) is 17.1 Å². The fraction of sp³-hybridized carbons (Fsp3) is 0.350. The number of aryl methyl sites for hydroxylation is 1. The highest BCUT2D eigenvalue weighted by Crippen LogP contribution is 2.20. The van der Waals surface area contributed by atoms with Crippen LogP contribution in [-0.2, 0) is 19.6 Å². The van der Waals surface area contributed by atoms with Gasteiger partial charge in [0.15, 0.2) is 0 Å². The van der Waals surface area contributed by atoms with Gasteiger partial charge in [0.25, 0.3) is 0 Å². The van der Waals surface area contributed by atoms with Crippen LogP contribution < -0.4 is 14.5 Å². The van der Waals surface area contributed by atoms with E-state index in [1.54, 1.807) is 12.1 Å². The van der Waals surface area contributed by atoms with Gasteiger partial charge < -0.3 is 15.0 Å². The molecule has 1 N–H and O–H groups in total. The third-order valence-electron chi connectivity index (χ3n) is 4.54. The first-order valence-corrected chi connectivity index (χ1v) is 10.9. The largest absolute Gasteiger partial charge is 0.378 e. The molecule has 0 aliphatic carbocycles. The molecule has 0 spiro atoms. The number of carbonyl (C=O) groups is 1. The Hall–Kier alpha value is -2.58. The molecule has 8 heteroatoms. The number of rotatable bonds is 6. The number of nitrogens with one attached hydrogen (secondary N) is 1. The third kappa shape index (κ3) is 5.24. The van der Waals surface area contributed by atoms with Crippen LogP contribution >= 0.6 is 0 Å². The van der Waals surface area contributed by atoms with Gasteiger partial charge in [-0.3, -0.25) is 9.10 Å². The number of sulfonamides is 1. The van der Waals surface area contributed by atoms with Crippen LogP contribution in [0.2, 0.25) is 0 Å². The number of ether oxygens (including phenoxy) is 1. The molecule has 1 fully saturated rings. The van der Waals surface area contributed by atoms with Crippen molar-refractivity contribution in [3.63, 3.8) is 0 Å². The van der Waals surface area contributed by atoms with Crippen molar-refractivity contribution >= 4 is 33.0 Å². The third-order valence-corrected chi connectivity index (χ3v) is 5.68. The minimum absolute atomic E-state index is 0.285. The lowest BCUT2D eigenvalue weighted by molar-refractivity contribution is -0.114. The second-order valence-electron chi connectivity index (χ2n) is 6.80. The van der Waals surface area contributed by atoms with Crippen LogP contribution in [0.25, 0.3) is 0 Å². The average Bonchev–Trinajstić information content (AvgIpc) is 2.67. The highest BCUT2D eigenvalue weighted by Gasteiger charge is 2.21. The van der Waals surface area contributed by atoms with Gasteiger partial charge in [0, 0.05) is 24.5 Å². The van der Waals surface area contributed by atoms with Crippen LogP contribution in [0.15, 0.2) is 48.5 Å². The summed E-state index contributed by atoms with van der Waals surface area (Å²) in [5.41, 5.74) is 3.17. The number of hydrogen-bond donors (Lipinski definition) is 1. The molecular weight excluding hydrogens is 378 g/mol. The summed E-state index contributed by atoms with van der Waals surface area (Å²) in [6.45, 7) is 4.73. The highest BCUT2D eigenvalue weighted by molar-refractivity contribution is 7.92. The van der Waals surface area contributed by atoms with E-state index >= 15 is 0 Å². The lowest BCUT2D eigenvalue weighted by atomic mass is 10.2. The molecule has 3 rings (SSSR count). The number of amides is 1. The van der Waals surface area contributed by atoms with Gasteiger partial charge in [-0.15, -0.1) is 0 Å². The number of carbonyl (C=O) groups excluding carboxylic acids is 1. The molecule has 1 aliphatic rings. The van der Waals surface area contributed by atoms with Gasteiger partial charge >= 0.3 is 0 Å².